The van der Waals surface area contributed by atoms with E-state index in [2.05, 4.69) is 72.6 Å². The zero-order chi connectivity index (χ0) is 20.5. The number of aromatic nitrogens is 3. The molecular formula is C25H24N4. The maximum atomic E-state index is 9.79. The molecule has 29 heavy (non-hydrogen) atoms. The number of allylic oxidation sites excluding steroid dienone is 1. The first-order valence-electron chi connectivity index (χ1n) is 9.88. The lowest BCUT2D eigenvalue weighted by Gasteiger charge is -2.17. The van der Waals surface area contributed by atoms with Crippen molar-refractivity contribution in [3.8, 4) is 11.8 Å². The van der Waals surface area contributed by atoms with Gasteiger partial charge < -0.3 is 9.55 Å². The number of nitrogens with zero attached hydrogens (tertiary/aromatic N) is 3. The smallest absolute Gasteiger partial charge is 0.149 e. The number of nitriles is 1. The van der Waals surface area contributed by atoms with E-state index in [0.29, 0.717) is 11.4 Å². The summed E-state index contributed by atoms with van der Waals surface area (Å²) in [6.45, 7) is 8.56. The number of benzene rings is 2. The van der Waals surface area contributed by atoms with E-state index in [1.807, 2.05) is 30.3 Å². The Bertz CT molecular complexity index is 1250. The quantitative estimate of drug-likeness (QED) is 0.448. The zero-order valence-electron chi connectivity index (χ0n) is 17.2. The molecule has 0 aliphatic rings. The van der Waals surface area contributed by atoms with Crippen LogP contribution < -0.4 is 0 Å². The van der Waals surface area contributed by atoms with Crippen molar-refractivity contribution in [3.05, 3.63) is 82.4 Å². The van der Waals surface area contributed by atoms with Crippen LogP contribution in [0, 0.1) is 32.1 Å². The van der Waals surface area contributed by atoms with Crippen LogP contribution in [0.4, 0.5) is 0 Å². The molecule has 4 aromatic rings. The molecule has 0 aliphatic carbocycles. The van der Waals surface area contributed by atoms with Crippen molar-refractivity contribution in [2.45, 2.75) is 34.1 Å². The number of nitrogens with one attached hydrogen (secondary N) is 1. The van der Waals surface area contributed by atoms with E-state index in [-0.39, 0.29) is 0 Å². The highest BCUT2D eigenvalue weighted by Crippen LogP contribution is 2.29. The fraction of sp³-hybridized carbons (Fsp3) is 0.200. The fourth-order valence-electron chi connectivity index (χ4n) is 3.99. The number of hydrogen-bond donors (Lipinski definition) is 1. The number of aryl methyl sites for hydroxylation is 3. The molecule has 0 fully saturated rings. The zero-order valence-corrected chi connectivity index (χ0v) is 17.2. The molecule has 4 heteroatoms. The normalized spacial score (nSPS) is 11.8. The average molecular weight is 380 g/mol. The van der Waals surface area contributed by atoms with Crippen molar-refractivity contribution in [2.75, 3.05) is 0 Å². The summed E-state index contributed by atoms with van der Waals surface area (Å²) in [5.41, 5.74) is 9.44. The minimum Gasteiger partial charge on any atom is -0.337 e. The summed E-state index contributed by atoms with van der Waals surface area (Å²) >= 11 is 0. The molecule has 0 saturated heterocycles. The van der Waals surface area contributed by atoms with Gasteiger partial charge in [-0.2, -0.15) is 5.26 Å². The Balaban J connectivity index is 1.85. The summed E-state index contributed by atoms with van der Waals surface area (Å²) in [6, 6.07) is 18.7. The van der Waals surface area contributed by atoms with E-state index in [1.54, 1.807) is 0 Å². The largest absolute Gasteiger partial charge is 0.337 e. The van der Waals surface area contributed by atoms with Crippen molar-refractivity contribution in [1.82, 2.24) is 14.5 Å². The molecule has 0 radical (unpaired) electrons. The lowest BCUT2D eigenvalue weighted by atomic mass is 10.1. The molecule has 0 unspecified atom stereocenters. The van der Waals surface area contributed by atoms with Gasteiger partial charge in [-0.1, -0.05) is 37.3 Å². The predicted molar refractivity (Wildman–Crippen MR) is 119 cm³/mol. The van der Waals surface area contributed by atoms with Gasteiger partial charge in [0.15, 0.2) is 0 Å². The van der Waals surface area contributed by atoms with E-state index >= 15 is 0 Å². The number of fused-ring (bicyclic) bond motifs is 1. The second-order valence-corrected chi connectivity index (χ2v) is 7.37. The third-order valence-corrected chi connectivity index (χ3v) is 5.46. The molecule has 0 bridgehead atoms. The Morgan fingerprint density at radius 3 is 2.66 bits per heavy atom. The summed E-state index contributed by atoms with van der Waals surface area (Å²) in [5.74, 6) is 0.601. The Kier molecular flexibility index (Phi) is 4.82. The summed E-state index contributed by atoms with van der Waals surface area (Å²) in [5, 5.41) is 9.79. The average Bonchev–Trinajstić information content (AvgIpc) is 3.27. The molecule has 1 N–H and O–H groups in total. The van der Waals surface area contributed by atoms with Gasteiger partial charge >= 0.3 is 0 Å². The van der Waals surface area contributed by atoms with Crippen LogP contribution in [0.1, 0.15) is 40.8 Å². The van der Waals surface area contributed by atoms with Crippen molar-refractivity contribution in [3.63, 3.8) is 0 Å². The van der Waals surface area contributed by atoms with Crippen LogP contribution in [-0.4, -0.2) is 14.5 Å². The van der Waals surface area contributed by atoms with Crippen molar-refractivity contribution in [2.24, 2.45) is 0 Å². The molecule has 0 amide bonds. The number of para-hydroxylation sites is 3. The van der Waals surface area contributed by atoms with E-state index in [0.717, 1.165) is 34.4 Å². The van der Waals surface area contributed by atoms with Crippen molar-refractivity contribution >= 4 is 22.7 Å². The number of hydrogen-bond acceptors (Lipinski definition) is 2. The molecular weight excluding hydrogens is 356 g/mol. The minimum absolute atomic E-state index is 0.530. The van der Waals surface area contributed by atoms with Gasteiger partial charge in [0, 0.05) is 11.4 Å². The summed E-state index contributed by atoms with van der Waals surface area (Å²) in [6.07, 6.45) is 2.90. The molecule has 2 aromatic carbocycles. The van der Waals surface area contributed by atoms with E-state index in [1.165, 1.54) is 16.8 Å². The summed E-state index contributed by atoms with van der Waals surface area (Å²) in [7, 11) is 0. The van der Waals surface area contributed by atoms with Gasteiger partial charge in [-0.15, -0.1) is 0 Å². The highest BCUT2D eigenvalue weighted by atomic mass is 15.0. The van der Waals surface area contributed by atoms with Crippen LogP contribution in [0.25, 0.3) is 28.4 Å². The van der Waals surface area contributed by atoms with E-state index < -0.39 is 0 Å². The highest BCUT2D eigenvalue weighted by Gasteiger charge is 2.15. The van der Waals surface area contributed by atoms with Crippen LogP contribution in [0.3, 0.4) is 0 Å². The Morgan fingerprint density at radius 1 is 1.14 bits per heavy atom. The first-order valence-corrected chi connectivity index (χ1v) is 9.88. The van der Waals surface area contributed by atoms with Crippen LogP contribution in [0.15, 0.2) is 48.5 Å². The van der Waals surface area contributed by atoms with Crippen LogP contribution >= 0.6 is 0 Å². The standard InChI is InChI=1S/C25H24N4/c1-5-19-10-8-9-16(2)24(19)29-17(3)13-20(18(29)4)14-21(15-26)25-27-22-11-6-7-12-23(22)28-25/h6-14H,5H2,1-4H3,(H,27,28)/b21-14-. The third kappa shape index (κ3) is 3.25. The molecule has 2 aromatic heterocycles. The van der Waals surface area contributed by atoms with E-state index in [9.17, 15) is 5.26 Å². The maximum absolute atomic E-state index is 9.79. The molecule has 4 nitrogen and oxygen atoms in total. The minimum atomic E-state index is 0.530. The molecule has 0 aliphatic heterocycles. The second kappa shape index (κ2) is 7.44. The van der Waals surface area contributed by atoms with Gasteiger partial charge in [-0.25, -0.2) is 4.98 Å². The second-order valence-electron chi connectivity index (χ2n) is 7.37. The molecule has 4 rings (SSSR count). The Morgan fingerprint density at radius 2 is 1.93 bits per heavy atom. The number of aromatic amines is 1. The van der Waals surface area contributed by atoms with Crippen molar-refractivity contribution in [1.29, 1.82) is 5.26 Å². The van der Waals surface area contributed by atoms with Gasteiger partial charge in [-0.3, -0.25) is 0 Å². The topological polar surface area (TPSA) is 57.4 Å². The first kappa shape index (κ1) is 18.8. The van der Waals surface area contributed by atoms with Crippen LogP contribution in [0.2, 0.25) is 0 Å². The Labute approximate surface area is 171 Å². The highest BCUT2D eigenvalue weighted by molar-refractivity contribution is 5.90. The fourth-order valence-corrected chi connectivity index (χ4v) is 3.99. The lowest BCUT2D eigenvalue weighted by Crippen LogP contribution is -2.05. The molecule has 0 atom stereocenters. The SMILES string of the molecule is CCc1cccc(C)c1-n1c(C)cc(/C=C(/C#N)c2nc3ccccc3[nH]2)c1C. The monoisotopic (exact) mass is 380 g/mol. The summed E-state index contributed by atoms with van der Waals surface area (Å²) in [4.78, 5) is 7.84. The van der Waals surface area contributed by atoms with Gasteiger partial charge in [0.05, 0.1) is 22.3 Å². The van der Waals surface area contributed by atoms with Crippen LogP contribution in [-0.2, 0) is 6.42 Å². The molecule has 0 saturated carbocycles. The Hall–Kier alpha value is -3.58. The number of rotatable bonds is 4. The number of imidazole rings is 1. The van der Waals surface area contributed by atoms with Gasteiger partial charge in [0.2, 0.25) is 0 Å². The predicted octanol–water partition coefficient (Wildman–Crippen LogP) is 5.91. The van der Waals surface area contributed by atoms with Gasteiger partial charge in [-0.05, 0) is 68.2 Å². The van der Waals surface area contributed by atoms with Crippen LogP contribution in [0.5, 0.6) is 0 Å². The molecule has 144 valence electrons. The van der Waals surface area contributed by atoms with Gasteiger partial charge in [0.1, 0.15) is 11.9 Å². The molecule has 0 spiro atoms. The maximum Gasteiger partial charge on any atom is 0.149 e. The lowest BCUT2D eigenvalue weighted by molar-refractivity contribution is 0.925. The summed E-state index contributed by atoms with van der Waals surface area (Å²) < 4.78 is 2.30. The first-order chi connectivity index (χ1) is 14.0. The molecule has 2 heterocycles. The van der Waals surface area contributed by atoms with E-state index in [4.69, 9.17) is 0 Å². The van der Waals surface area contributed by atoms with Gasteiger partial charge in [0.25, 0.3) is 0 Å². The number of H-pyrrole nitrogens is 1. The third-order valence-electron chi connectivity index (χ3n) is 5.46. The van der Waals surface area contributed by atoms with Crippen molar-refractivity contribution < 1.29 is 0 Å².